The molecule has 168 valence electrons. The number of para-hydroxylation sites is 1. The van der Waals surface area contributed by atoms with Crippen LogP contribution >= 0.6 is 0 Å². The van der Waals surface area contributed by atoms with Crippen LogP contribution in [0.15, 0.2) is 59.6 Å². The minimum atomic E-state index is -3.77. The third kappa shape index (κ3) is 3.95. The second-order valence-electron chi connectivity index (χ2n) is 8.90. The minimum absolute atomic E-state index is 0.186. The Kier molecular flexibility index (Phi) is 5.78. The summed E-state index contributed by atoms with van der Waals surface area (Å²) in [6, 6.07) is 14.0. The van der Waals surface area contributed by atoms with Gasteiger partial charge < -0.3 is 0 Å². The summed E-state index contributed by atoms with van der Waals surface area (Å²) in [5, 5.41) is 2.95. The van der Waals surface area contributed by atoms with Crippen molar-refractivity contribution in [1.82, 2.24) is 14.4 Å². The number of piperidine rings is 1. The molecule has 5 rings (SSSR count). The average Bonchev–Trinajstić information content (AvgIpc) is 3.48. The van der Waals surface area contributed by atoms with E-state index in [1.54, 1.807) is 12.1 Å². The van der Waals surface area contributed by atoms with E-state index in [2.05, 4.69) is 5.43 Å². The number of aromatic nitrogens is 1. The minimum Gasteiger partial charge on any atom is -0.285 e. The number of benzene rings is 2. The zero-order chi connectivity index (χ0) is 22.1. The predicted molar refractivity (Wildman–Crippen MR) is 125 cm³/mol. The number of amides is 1. The van der Waals surface area contributed by atoms with Crippen LogP contribution in [0.25, 0.3) is 10.9 Å². The fourth-order valence-electron chi connectivity index (χ4n) is 5.04. The Morgan fingerprint density at radius 3 is 2.28 bits per heavy atom. The van der Waals surface area contributed by atoms with E-state index in [4.69, 9.17) is 0 Å². The summed E-state index contributed by atoms with van der Waals surface area (Å²) >= 11 is 0. The van der Waals surface area contributed by atoms with E-state index in [-0.39, 0.29) is 10.8 Å². The molecule has 1 aromatic heterocycles. The van der Waals surface area contributed by atoms with E-state index in [9.17, 15) is 13.2 Å². The second-order valence-corrected chi connectivity index (χ2v) is 10.7. The summed E-state index contributed by atoms with van der Waals surface area (Å²) < 4.78 is 28.5. The van der Waals surface area contributed by atoms with Crippen molar-refractivity contribution in [3.63, 3.8) is 0 Å². The monoisotopic (exact) mass is 451 g/mol. The Hall–Kier alpha value is -2.64. The van der Waals surface area contributed by atoms with Crippen molar-refractivity contribution in [2.45, 2.75) is 55.8 Å². The van der Waals surface area contributed by atoms with Crippen LogP contribution in [0.4, 0.5) is 0 Å². The Morgan fingerprint density at radius 2 is 1.56 bits per heavy atom. The third-order valence-corrected chi connectivity index (χ3v) is 8.48. The summed E-state index contributed by atoms with van der Waals surface area (Å²) in [7, 11) is -3.77. The molecule has 7 heteroatoms. The molecular formula is C25H29N3O3S. The molecule has 1 saturated heterocycles. The lowest BCUT2D eigenvalue weighted by molar-refractivity contribution is 0.0750. The zero-order valence-electron chi connectivity index (χ0n) is 18.2. The molecule has 2 aromatic carbocycles. The Morgan fingerprint density at radius 1 is 0.875 bits per heavy atom. The van der Waals surface area contributed by atoms with Gasteiger partial charge >= 0.3 is 0 Å². The molecule has 0 radical (unpaired) electrons. The van der Waals surface area contributed by atoms with Gasteiger partial charge in [0.1, 0.15) is 0 Å². The molecule has 6 nitrogen and oxygen atoms in total. The number of fused-ring (bicyclic) bond motifs is 1. The van der Waals surface area contributed by atoms with Crippen LogP contribution in [-0.2, 0) is 10.0 Å². The highest BCUT2D eigenvalue weighted by molar-refractivity contribution is 7.90. The van der Waals surface area contributed by atoms with Gasteiger partial charge in [0.15, 0.2) is 0 Å². The Bertz CT molecular complexity index is 1220. The maximum absolute atomic E-state index is 13.5. The van der Waals surface area contributed by atoms with Crippen LogP contribution in [0.2, 0.25) is 0 Å². The Balaban J connectivity index is 1.43. The van der Waals surface area contributed by atoms with Crippen molar-refractivity contribution in [1.29, 1.82) is 0 Å². The average molecular weight is 452 g/mol. The highest BCUT2D eigenvalue weighted by Crippen LogP contribution is 2.39. The molecule has 3 aromatic rings. The van der Waals surface area contributed by atoms with Gasteiger partial charge in [-0.25, -0.2) is 17.4 Å². The standard InChI is InChI=1S/C25H29N3O3S/c29-25(26-27-16-6-1-7-17-27)20-12-14-21(15-13-20)32(30,31)28-18-23(19-8-2-3-9-19)22-10-4-5-11-24(22)28/h4-5,10-15,18-19H,1-3,6-9,16-17H2,(H,26,29). The van der Waals surface area contributed by atoms with E-state index in [0.29, 0.717) is 17.0 Å². The quantitative estimate of drug-likeness (QED) is 0.612. The number of nitrogens with zero attached hydrogens (tertiary/aromatic N) is 2. The molecule has 32 heavy (non-hydrogen) atoms. The lowest BCUT2D eigenvalue weighted by Crippen LogP contribution is -2.45. The molecule has 1 N–H and O–H groups in total. The first-order valence-electron chi connectivity index (χ1n) is 11.6. The Labute approximate surface area is 189 Å². The number of hydrogen-bond donors (Lipinski definition) is 1. The van der Waals surface area contributed by atoms with Crippen molar-refractivity contribution < 1.29 is 13.2 Å². The van der Waals surface area contributed by atoms with Gasteiger partial charge in [-0.15, -0.1) is 0 Å². The fraction of sp³-hybridized carbons (Fsp3) is 0.400. The van der Waals surface area contributed by atoms with Crippen molar-refractivity contribution >= 4 is 26.8 Å². The summed E-state index contributed by atoms with van der Waals surface area (Å²) in [6.45, 7) is 1.70. The van der Waals surface area contributed by atoms with Crippen LogP contribution in [0, 0.1) is 0 Å². The normalized spacial score (nSPS) is 18.2. The molecule has 0 spiro atoms. The van der Waals surface area contributed by atoms with Gasteiger partial charge in [0, 0.05) is 30.2 Å². The molecule has 1 saturated carbocycles. The van der Waals surface area contributed by atoms with Gasteiger partial charge in [-0.05, 0) is 67.5 Å². The lowest BCUT2D eigenvalue weighted by Gasteiger charge is -2.26. The third-order valence-electron chi connectivity index (χ3n) is 6.79. The second kappa shape index (κ2) is 8.71. The molecule has 2 heterocycles. The van der Waals surface area contributed by atoms with Crippen LogP contribution < -0.4 is 5.43 Å². The van der Waals surface area contributed by atoms with Crippen molar-refractivity contribution in [2.24, 2.45) is 0 Å². The number of hydrazine groups is 1. The number of hydrogen-bond acceptors (Lipinski definition) is 4. The maximum atomic E-state index is 13.5. The van der Waals surface area contributed by atoms with E-state index in [1.165, 1.54) is 35.4 Å². The van der Waals surface area contributed by atoms with Crippen LogP contribution in [-0.4, -0.2) is 36.4 Å². The van der Waals surface area contributed by atoms with Crippen LogP contribution in [0.5, 0.6) is 0 Å². The molecule has 2 fully saturated rings. The van der Waals surface area contributed by atoms with Crippen LogP contribution in [0.3, 0.4) is 0 Å². The molecular weight excluding hydrogens is 422 g/mol. The van der Waals surface area contributed by atoms with Crippen molar-refractivity contribution in [3.8, 4) is 0 Å². The molecule has 0 unspecified atom stereocenters. The highest BCUT2D eigenvalue weighted by Gasteiger charge is 2.26. The largest absolute Gasteiger partial charge is 0.285 e. The molecule has 0 atom stereocenters. The highest BCUT2D eigenvalue weighted by atomic mass is 32.2. The number of nitrogens with one attached hydrogen (secondary N) is 1. The van der Waals surface area contributed by atoms with E-state index >= 15 is 0 Å². The number of carbonyl (C=O) groups excluding carboxylic acids is 1. The van der Waals surface area contributed by atoms with Gasteiger partial charge in [-0.1, -0.05) is 37.5 Å². The van der Waals surface area contributed by atoms with Gasteiger partial charge in [0.25, 0.3) is 15.9 Å². The van der Waals surface area contributed by atoms with Crippen molar-refractivity contribution in [2.75, 3.05) is 13.1 Å². The topological polar surface area (TPSA) is 71.4 Å². The number of carbonyl (C=O) groups is 1. The maximum Gasteiger partial charge on any atom is 0.268 e. The molecule has 1 amide bonds. The predicted octanol–water partition coefficient (Wildman–Crippen LogP) is 4.67. The molecule has 1 aliphatic heterocycles. The fourth-order valence-corrected chi connectivity index (χ4v) is 6.42. The van der Waals surface area contributed by atoms with Gasteiger partial charge in [-0.3, -0.25) is 10.2 Å². The van der Waals surface area contributed by atoms with Crippen LogP contribution in [0.1, 0.15) is 66.8 Å². The summed E-state index contributed by atoms with van der Waals surface area (Å²) in [6.07, 6.45) is 9.75. The van der Waals surface area contributed by atoms with Crippen molar-refractivity contribution in [3.05, 3.63) is 65.9 Å². The number of rotatable bonds is 5. The first-order valence-corrected chi connectivity index (χ1v) is 13.0. The first kappa shape index (κ1) is 21.2. The zero-order valence-corrected chi connectivity index (χ0v) is 19.0. The van der Waals surface area contributed by atoms with Gasteiger partial charge in [0.05, 0.1) is 10.4 Å². The molecule has 0 bridgehead atoms. The lowest BCUT2D eigenvalue weighted by atomic mass is 9.97. The van der Waals surface area contributed by atoms with E-state index < -0.39 is 10.0 Å². The van der Waals surface area contributed by atoms with E-state index in [0.717, 1.165) is 49.7 Å². The first-order chi connectivity index (χ1) is 15.5. The summed E-state index contributed by atoms with van der Waals surface area (Å²) in [4.78, 5) is 12.7. The van der Waals surface area contributed by atoms with E-state index in [1.807, 2.05) is 35.5 Å². The SMILES string of the molecule is O=C(NN1CCCCC1)c1ccc(S(=O)(=O)n2cc(C3CCCC3)c3ccccc32)cc1. The van der Waals surface area contributed by atoms with Gasteiger partial charge in [-0.2, -0.15) is 0 Å². The van der Waals surface area contributed by atoms with Gasteiger partial charge in [0.2, 0.25) is 0 Å². The summed E-state index contributed by atoms with van der Waals surface area (Å²) in [5.74, 6) is 0.211. The molecule has 2 aliphatic rings. The summed E-state index contributed by atoms with van der Waals surface area (Å²) in [5.41, 5.74) is 5.21. The smallest absolute Gasteiger partial charge is 0.268 e. The molecule has 1 aliphatic carbocycles.